The van der Waals surface area contributed by atoms with Crippen molar-refractivity contribution in [3.63, 3.8) is 0 Å². The van der Waals surface area contributed by atoms with Crippen LogP contribution in [0.4, 0.5) is 5.13 Å². The first-order valence-electron chi connectivity index (χ1n) is 7.62. The number of nitrogens with one attached hydrogen (secondary N) is 1. The van der Waals surface area contributed by atoms with Gasteiger partial charge < -0.3 is 4.74 Å². The van der Waals surface area contributed by atoms with Crippen molar-refractivity contribution in [2.75, 3.05) is 11.9 Å². The minimum absolute atomic E-state index is 0.178. The summed E-state index contributed by atoms with van der Waals surface area (Å²) in [5.41, 5.74) is 2.21. The number of ether oxygens (including phenoxy) is 1. The fourth-order valence-electron chi connectivity index (χ4n) is 2.22. The third-order valence-corrected chi connectivity index (χ3v) is 4.15. The normalized spacial score (nSPS) is 10.5. The highest BCUT2D eigenvalue weighted by atomic mass is 32.1. The Morgan fingerprint density at radius 1 is 1.28 bits per heavy atom. The van der Waals surface area contributed by atoms with Crippen LogP contribution < -0.4 is 5.32 Å². The Morgan fingerprint density at radius 3 is 2.76 bits per heavy atom. The monoisotopic (exact) mass is 356 g/mol. The van der Waals surface area contributed by atoms with Gasteiger partial charge >= 0.3 is 5.97 Å². The molecule has 1 N–H and O–H groups in total. The molecule has 0 atom stereocenters. The third-order valence-electron chi connectivity index (χ3n) is 3.39. The van der Waals surface area contributed by atoms with Crippen LogP contribution >= 0.6 is 11.3 Å². The average Bonchev–Trinajstić information content (AvgIpc) is 3.23. The Morgan fingerprint density at radius 2 is 2.04 bits per heavy atom. The molecular weight excluding hydrogens is 340 g/mol. The van der Waals surface area contributed by atoms with E-state index < -0.39 is 5.97 Å². The lowest BCUT2D eigenvalue weighted by atomic mass is 10.1. The molecule has 2 heterocycles. The van der Waals surface area contributed by atoms with E-state index in [2.05, 4.69) is 15.4 Å². The maximum absolute atomic E-state index is 12.5. The molecule has 0 saturated carbocycles. The molecule has 0 aliphatic rings. The van der Waals surface area contributed by atoms with Crippen molar-refractivity contribution in [3.8, 4) is 11.3 Å². The van der Waals surface area contributed by atoms with Crippen molar-refractivity contribution in [1.82, 2.24) is 14.8 Å². The Kier molecular flexibility index (Phi) is 4.90. The van der Waals surface area contributed by atoms with E-state index in [1.165, 1.54) is 4.68 Å². The molecule has 1 aromatic carbocycles. The molecule has 0 spiro atoms. The molecular formula is C17H16N4O3S. The first kappa shape index (κ1) is 16.8. The van der Waals surface area contributed by atoms with Gasteiger partial charge in [0.2, 0.25) is 0 Å². The lowest BCUT2D eigenvalue weighted by molar-refractivity contribution is 0.0520. The topological polar surface area (TPSA) is 86.1 Å². The maximum atomic E-state index is 12.5. The van der Waals surface area contributed by atoms with E-state index >= 15 is 0 Å². The standard InChI is InChI=1S/C17H16N4O3S/c1-3-24-16(23)13-10-25-17(18-13)19-15(22)14-9-12(20-21(14)2)11-7-5-4-6-8-11/h4-10H,3H2,1-2H3,(H,18,19,22). The van der Waals surface area contributed by atoms with Crippen LogP contribution in [0.15, 0.2) is 41.8 Å². The van der Waals surface area contributed by atoms with Gasteiger partial charge in [-0.3, -0.25) is 14.8 Å². The van der Waals surface area contributed by atoms with E-state index in [4.69, 9.17) is 4.74 Å². The number of amides is 1. The highest BCUT2D eigenvalue weighted by Gasteiger charge is 2.17. The quantitative estimate of drug-likeness (QED) is 0.710. The molecule has 0 unspecified atom stereocenters. The highest BCUT2D eigenvalue weighted by Crippen LogP contribution is 2.20. The number of thiazole rings is 1. The number of nitrogens with zero attached hydrogens (tertiary/aromatic N) is 3. The van der Waals surface area contributed by atoms with Crippen molar-refractivity contribution < 1.29 is 14.3 Å². The number of carbonyl (C=O) groups is 2. The van der Waals surface area contributed by atoms with Crippen molar-refractivity contribution in [3.05, 3.63) is 53.2 Å². The SMILES string of the molecule is CCOC(=O)c1csc(NC(=O)c2cc(-c3ccccc3)nn2C)n1. The van der Waals surface area contributed by atoms with Crippen molar-refractivity contribution in [2.24, 2.45) is 7.05 Å². The van der Waals surface area contributed by atoms with Gasteiger partial charge in [-0.2, -0.15) is 5.10 Å². The average molecular weight is 356 g/mol. The molecule has 0 saturated heterocycles. The van der Waals surface area contributed by atoms with Gasteiger partial charge in [0.15, 0.2) is 10.8 Å². The fourth-order valence-corrected chi connectivity index (χ4v) is 2.90. The molecule has 1 amide bonds. The second kappa shape index (κ2) is 7.27. The molecule has 3 rings (SSSR count). The number of rotatable bonds is 5. The first-order valence-corrected chi connectivity index (χ1v) is 8.50. The number of aromatic nitrogens is 3. The predicted molar refractivity (Wildman–Crippen MR) is 94.7 cm³/mol. The van der Waals surface area contributed by atoms with Gasteiger partial charge in [-0.25, -0.2) is 9.78 Å². The minimum Gasteiger partial charge on any atom is -0.461 e. The zero-order valence-corrected chi connectivity index (χ0v) is 14.5. The van der Waals surface area contributed by atoms with Crippen LogP contribution in [0.1, 0.15) is 27.9 Å². The molecule has 7 nitrogen and oxygen atoms in total. The van der Waals surface area contributed by atoms with Gasteiger partial charge in [0.1, 0.15) is 5.69 Å². The Balaban J connectivity index is 1.76. The van der Waals surface area contributed by atoms with Gasteiger partial charge in [0.05, 0.1) is 12.3 Å². The van der Waals surface area contributed by atoms with Crippen LogP contribution in [0.3, 0.4) is 0 Å². The zero-order valence-electron chi connectivity index (χ0n) is 13.7. The van der Waals surface area contributed by atoms with Crippen LogP contribution in [0, 0.1) is 0 Å². The number of esters is 1. The minimum atomic E-state index is -0.508. The molecule has 0 bridgehead atoms. The molecule has 0 aliphatic heterocycles. The van der Waals surface area contributed by atoms with E-state index in [1.807, 2.05) is 30.3 Å². The van der Waals surface area contributed by atoms with E-state index in [9.17, 15) is 9.59 Å². The van der Waals surface area contributed by atoms with Gasteiger partial charge in [-0.15, -0.1) is 11.3 Å². The van der Waals surface area contributed by atoms with Crippen LogP contribution in [0.2, 0.25) is 0 Å². The lowest BCUT2D eigenvalue weighted by Gasteiger charge is -2.01. The summed E-state index contributed by atoms with van der Waals surface area (Å²) >= 11 is 1.16. The number of anilines is 1. The summed E-state index contributed by atoms with van der Waals surface area (Å²) < 4.78 is 6.39. The lowest BCUT2D eigenvalue weighted by Crippen LogP contribution is -2.16. The van der Waals surface area contributed by atoms with Crippen LogP contribution in [0.5, 0.6) is 0 Å². The van der Waals surface area contributed by atoms with Gasteiger partial charge in [-0.05, 0) is 13.0 Å². The summed E-state index contributed by atoms with van der Waals surface area (Å²) in [5, 5.41) is 8.92. The highest BCUT2D eigenvalue weighted by molar-refractivity contribution is 7.14. The number of carbonyl (C=O) groups excluding carboxylic acids is 2. The Bertz CT molecular complexity index is 902. The Labute approximate surface area is 148 Å². The predicted octanol–water partition coefficient (Wildman–Crippen LogP) is 2.97. The summed E-state index contributed by atoms with van der Waals surface area (Å²) in [4.78, 5) is 28.2. The molecule has 8 heteroatoms. The fraction of sp³-hybridized carbons (Fsp3) is 0.176. The molecule has 0 fully saturated rings. The maximum Gasteiger partial charge on any atom is 0.357 e. The zero-order chi connectivity index (χ0) is 17.8. The van der Waals surface area contributed by atoms with Crippen LogP contribution in [0.25, 0.3) is 11.3 Å². The molecule has 0 aliphatic carbocycles. The van der Waals surface area contributed by atoms with E-state index in [-0.39, 0.29) is 18.2 Å². The number of hydrogen-bond acceptors (Lipinski definition) is 6. The van der Waals surface area contributed by atoms with E-state index in [0.29, 0.717) is 16.5 Å². The second-order valence-electron chi connectivity index (χ2n) is 5.12. The van der Waals surface area contributed by atoms with Crippen LogP contribution in [-0.2, 0) is 11.8 Å². The second-order valence-corrected chi connectivity index (χ2v) is 5.98. The molecule has 128 valence electrons. The van der Waals surface area contributed by atoms with E-state index in [1.54, 1.807) is 25.4 Å². The van der Waals surface area contributed by atoms with Gasteiger partial charge in [-0.1, -0.05) is 30.3 Å². The number of hydrogen-bond donors (Lipinski definition) is 1. The van der Waals surface area contributed by atoms with Gasteiger partial charge in [0.25, 0.3) is 5.91 Å². The van der Waals surface area contributed by atoms with Gasteiger partial charge in [0, 0.05) is 18.0 Å². The summed E-state index contributed by atoms with van der Waals surface area (Å²) in [6.45, 7) is 2.00. The summed E-state index contributed by atoms with van der Waals surface area (Å²) in [7, 11) is 1.70. The smallest absolute Gasteiger partial charge is 0.357 e. The third kappa shape index (κ3) is 3.74. The number of benzene rings is 1. The molecule has 0 radical (unpaired) electrons. The Hall–Kier alpha value is -3.00. The van der Waals surface area contributed by atoms with Crippen molar-refractivity contribution in [1.29, 1.82) is 0 Å². The molecule has 25 heavy (non-hydrogen) atoms. The number of aryl methyl sites for hydroxylation is 1. The van der Waals surface area contributed by atoms with Crippen LogP contribution in [-0.4, -0.2) is 33.2 Å². The largest absolute Gasteiger partial charge is 0.461 e. The molecule has 3 aromatic rings. The van der Waals surface area contributed by atoms with E-state index in [0.717, 1.165) is 16.9 Å². The summed E-state index contributed by atoms with van der Waals surface area (Å²) in [6.07, 6.45) is 0. The van der Waals surface area contributed by atoms with Crippen molar-refractivity contribution >= 4 is 28.3 Å². The first-order chi connectivity index (χ1) is 12.1. The summed E-state index contributed by atoms with van der Waals surface area (Å²) in [6, 6.07) is 11.3. The summed E-state index contributed by atoms with van der Waals surface area (Å²) in [5.74, 6) is -0.854. The van der Waals surface area contributed by atoms with Crippen molar-refractivity contribution in [2.45, 2.75) is 6.92 Å². The molecule has 2 aromatic heterocycles.